The van der Waals surface area contributed by atoms with Gasteiger partial charge in [-0.15, -0.1) is 6.58 Å². The number of aliphatic hydroxyl groups excluding tert-OH is 1. The first-order valence-corrected chi connectivity index (χ1v) is 34.3. The minimum Gasteiger partial charge on any atom is -0.407 e. The standard InChI is InChI=1S/C47H74N14O15P2Si2/c1-16-21-67-77(65,68-22-17-19-48)74-35-31(72-43(37(35)76-80(14,15)47(5,6)7)61-29-51-33-39(61)55-45(57-41(33)64)53-27-59(10)11)25-70-78(66,69-23-18-20-49)73-34-30(24-62)71-42(36(34)75-79(12,13)46(2,3)4)60-28-50-32-38(60)54-44(56-40(32)63)52-26-58(8)9/h16,26-31,34-37,42-43,62H,1,17-18,21-25H2,2-15H3,(H,54,56,63)(H,55,57,64)/b52-26+,53-27+/t30-,31-,34-,35-,36-,37-,42-,43-,77?,78?/m1/s1. The number of phosphoric acid groups is 2. The summed E-state index contributed by atoms with van der Waals surface area (Å²) in [6.45, 7) is 20.7. The van der Waals surface area contributed by atoms with Gasteiger partial charge >= 0.3 is 15.6 Å². The van der Waals surface area contributed by atoms with E-state index in [0.29, 0.717) is 0 Å². The molecule has 2 aliphatic heterocycles. The van der Waals surface area contributed by atoms with Gasteiger partial charge in [-0.1, -0.05) is 47.6 Å². The van der Waals surface area contributed by atoms with Crippen LogP contribution in [0.1, 0.15) is 66.8 Å². The summed E-state index contributed by atoms with van der Waals surface area (Å²) >= 11 is 0. The Morgan fingerprint density at radius 1 is 0.725 bits per heavy atom. The maximum Gasteiger partial charge on any atom is 0.475 e. The number of imidazole rings is 2. The Morgan fingerprint density at radius 2 is 1.14 bits per heavy atom. The SMILES string of the molecule is C=CCOP(=O)(OCCC#N)O[C@H]1[C@@H](O[Si](C)(C)C(C)(C)C)[C@H](n2cnc3c(=O)[nH]c(/N=C/N(C)C)nc32)O[C@@H]1COP(=O)(OCCC#N)O[C@H]1[C@@H](O[Si](C)(C)C(C)(C)C)[C@H](n2cnc3c(=O)[nH]c(/N=C/N(C)C)nc32)O[C@@H]1CO. The summed E-state index contributed by atoms with van der Waals surface area (Å²) < 4.78 is 97.2. The highest BCUT2D eigenvalue weighted by Crippen LogP contribution is 2.58. The predicted octanol–water partition coefficient (Wildman–Crippen LogP) is 6.33. The Bertz CT molecular complexity index is 3180. The molecule has 0 aliphatic carbocycles. The number of fused-ring (bicyclic) bond motifs is 2. The first kappa shape index (κ1) is 64.0. The van der Waals surface area contributed by atoms with E-state index >= 15 is 4.57 Å². The number of aromatic nitrogens is 8. The second kappa shape index (κ2) is 25.9. The third-order valence-corrected chi connectivity index (χ3v) is 25.5. The molecule has 29 nitrogen and oxygen atoms in total. The van der Waals surface area contributed by atoms with Crippen LogP contribution in [0.3, 0.4) is 0 Å². The number of hydrogen-bond donors (Lipinski definition) is 3. The lowest BCUT2D eigenvalue weighted by Gasteiger charge is -2.41. The first-order chi connectivity index (χ1) is 37.4. The van der Waals surface area contributed by atoms with Crippen molar-refractivity contribution in [2.75, 3.05) is 61.2 Å². The van der Waals surface area contributed by atoms with Gasteiger partial charge in [-0.25, -0.2) is 29.1 Å². The topological polar surface area (TPSA) is 353 Å². The monoisotopic (exact) mass is 1190 g/mol. The zero-order valence-electron chi connectivity index (χ0n) is 47.6. The molecule has 0 bridgehead atoms. The number of phosphoric ester groups is 2. The molecule has 440 valence electrons. The molecule has 3 N–H and O–H groups in total. The molecule has 4 aromatic heterocycles. The van der Waals surface area contributed by atoms with Gasteiger partial charge in [-0.3, -0.25) is 55.8 Å². The molecule has 33 heteroatoms. The summed E-state index contributed by atoms with van der Waals surface area (Å²) in [5.41, 5.74) is -1.36. The average Bonchev–Trinajstić information content (AvgIpc) is 4.37. The van der Waals surface area contributed by atoms with E-state index in [-0.39, 0.29) is 60.3 Å². The number of nitriles is 2. The highest BCUT2D eigenvalue weighted by Gasteiger charge is 2.57. The largest absolute Gasteiger partial charge is 0.475 e. The quantitative estimate of drug-likeness (QED) is 0.0147. The Labute approximate surface area is 465 Å². The molecular weight excluding hydrogens is 1120 g/mol. The van der Waals surface area contributed by atoms with Crippen molar-refractivity contribution in [2.24, 2.45) is 9.98 Å². The van der Waals surface area contributed by atoms with Gasteiger partial charge in [0, 0.05) is 28.2 Å². The van der Waals surface area contributed by atoms with E-state index < -0.39 is 122 Å². The van der Waals surface area contributed by atoms with Crippen LogP contribution in [0.4, 0.5) is 11.9 Å². The molecule has 80 heavy (non-hydrogen) atoms. The molecule has 10 atom stereocenters. The van der Waals surface area contributed by atoms with Crippen LogP contribution in [-0.4, -0.2) is 181 Å². The van der Waals surface area contributed by atoms with Crippen LogP contribution in [0.15, 0.2) is 44.9 Å². The molecule has 0 spiro atoms. The maximum absolute atomic E-state index is 15.6. The van der Waals surface area contributed by atoms with Crippen molar-refractivity contribution in [3.63, 3.8) is 0 Å². The fourth-order valence-electron chi connectivity index (χ4n) is 7.56. The number of aliphatic hydroxyl groups is 1. The maximum atomic E-state index is 15.6. The van der Waals surface area contributed by atoms with Crippen LogP contribution in [-0.2, 0) is 54.6 Å². The van der Waals surface area contributed by atoms with Crippen LogP contribution in [0.2, 0.25) is 36.3 Å². The minimum absolute atomic E-state index is 0.000562. The van der Waals surface area contributed by atoms with E-state index in [9.17, 15) is 29.8 Å². The zero-order chi connectivity index (χ0) is 59.2. The fourth-order valence-corrected chi connectivity index (χ4v) is 12.9. The highest BCUT2D eigenvalue weighted by molar-refractivity contribution is 7.48. The zero-order valence-corrected chi connectivity index (χ0v) is 51.4. The third-order valence-electron chi connectivity index (χ3n) is 13.6. The molecule has 2 fully saturated rings. The molecule has 6 rings (SSSR count). The van der Waals surface area contributed by atoms with E-state index in [4.69, 9.17) is 45.5 Å². The van der Waals surface area contributed by atoms with Gasteiger partial charge in [-0.05, 0) is 36.3 Å². The van der Waals surface area contributed by atoms with Gasteiger partial charge in [0.1, 0.15) is 36.6 Å². The number of aromatic amines is 2. The minimum atomic E-state index is -5.05. The third kappa shape index (κ3) is 15.1. The Morgan fingerprint density at radius 3 is 1.52 bits per heavy atom. The van der Waals surface area contributed by atoms with Crippen molar-refractivity contribution in [1.82, 2.24) is 48.8 Å². The van der Waals surface area contributed by atoms with Crippen molar-refractivity contribution in [2.45, 2.75) is 140 Å². The number of nitrogens with one attached hydrogen (secondary N) is 2. The van der Waals surface area contributed by atoms with Crippen LogP contribution in [0.5, 0.6) is 0 Å². The summed E-state index contributed by atoms with van der Waals surface area (Å²) in [5.74, 6) is -0.127. The van der Waals surface area contributed by atoms with Gasteiger partial charge in [0.2, 0.25) is 11.9 Å². The lowest BCUT2D eigenvalue weighted by Crippen LogP contribution is -2.49. The van der Waals surface area contributed by atoms with Crippen LogP contribution in [0.25, 0.3) is 22.3 Å². The molecular formula is C47H74N14O15P2Si2. The number of rotatable bonds is 27. The second-order valence-electron chi connectivity index (χ2n) is 22.2. The fraction of sp³-hybridized carbons (Fsp3) is 0.660. The summed E-state index contributed by atoms with van der Waals surface area (Å²) in [5, 5.41) is 29.2. The summed E-state index contributed by atoms with van der Waals surface area (Å²) in [6.07, 6.45) is -4.65. The van der Waals surface area contributed by atoms with Gasteiger partial charge in [-0.2, -0.15) is 20.5 Å². The predicted molar refractivity (Wildman–Crippen MR) is 298 cm³/mol. The number of hydrogen-bond acceptors (Lipinski definition) is 23. The Balaban J connectivity index is 1.50. The van der Waals surface area contributed by atoms with Crippen molar-refractivity contribution in [3.8, 4) is 12.1 Å². The summed E-state index contributed by atoms with van der Waals surface area (Å²) in [7, 11) is -8.70. The average molecular weight is 1190 g/mol. The molecule has 4 aromatic rings. The van der Waals surface area contributed by atoms with E-state index in [2.05, 4.69) is 46.5 Å². The number of nitrogens with zero attached hydrogens (tertiary/aromatic N) is 12. The lowest BCUT2D eigenvalue weighted by atomic mass is 10.1. The van der Waals surface area contributed by atoms with Crippen molar-refractivity contribution >= 4 is 79.2 Å². The van der Waals surface area contributed by atoms with Gasteiger partial charge in [0.25, 0.3) is 11.1 Å². The van der Waals surface area contributed by atoms with Crippen LogP contribution < -0.4 is 11.1 Å². The molecule has 0 saturated carbocycles. The smallest absolute Gasteiger partial charge is 0.407 e. The highest BCUT2D eigenvalue weighted by atomic mass is 31.2. The Hall–Kier alpha value is -5.19. The first-order valence-electron chi connectivity index (χ1n) is 25.5. The molecule has 6 heterocycles. The van der Waals surface area contributed by atoms with E-state index in [1.165, 1.54) is 40.5 Å². The molecule has 2 unspecified atom stereocenters. The van der Waals surface area contributed by atoms with Gasteiger partial charge in [0.15, 0.2) is 51.4 Å². The van der Waals surface area contributed by atoms with Crippen LogP contribution in [0, 0.1) is 22.7 Å². The molecule has 2 aliphatic rings. The van der Waals surface area contributed by atoms with E-state index in [1.54, 1.807) is 38.0 Å². The van der Waals surface area contributed by atoms with Gasteiger partial charge in [0.05, 0.1) is 83.3 Å². The van der Waals surface area contributed by atoms with Crippen LogP contribution >= 0.6 is 15.6 Å². The summed E-state index contributed by atoms with van der Waals surface area (Å²) in [6, 6.07) is 3.88. The number of ether oxygens (including phenoxy) is 2. The second-order valence-corrected chi connectivity index (χ2v) is 35.0. The van der Waals surface area contributed by atoms with E-state index in [1.807, 2.05) is 79.9 Å². The molecule has 2 saturated heterocycles. The van der Waals surface area contributed by atoms with E-state index in [0.717, 1.165) is 0 Å². The van der Waals surface area contributed by atoms with Crippen molar-refractivity contribution < 1.29 is 59.7 Å². The van der Waals surface area contributed by atoms with Gasteiger partial charge < -0.3 is 33.2 Å². The molecule has 0 aromatic carbocycles. The number of aliphatic imine (C=N–C) groups is 2. The van der Waals surface area contributed by atoms with Crippen molar-refractivity contribution in [1.29, 1.82) is 10.5 Å². The molecule has 0 amide bonds. The number of H-pyrrole nitrogens is 2. The normalized spacial score (nSPS) is 23.7. The van der Waals surface area contributed by atoms with Crippen molar-refractivity contribution in [3.05, 3.63) is 46.0 Å². The summed E-state index contributed by atoms with van der Waals surface area (Å²) in [4.78, 5) is 61.8. The molecule has 0 radical (unpaired) electrons. The lowest BCUT2D eigenvalue weighted by molar-refractivity contribution is -0.0604. The Kier molecular flexibility index (Phi) is 20.8.